The van der Waals surface area contributed by atoms with Crippen LogP contribution < -0.4 is 5.56 Å². The Bertz CT molecular complexity index is 614. The summed E-state index contributed by atoms with van der Waals surface area (Å²) in [5.74, 6) is -0.369. The Hall–Kier alpha value is -2.23. The summed E-state index contributed by atoms with van der Waals surface area (Å²) in [4.78, 5) is 22.6. The zero-order valence-electron chi connectivity index (χ0n) is 9.18. The van der Waals surface area contributed by atoms with Crippen molar-refractivity contribution in [3.8, 4) is 5.69 Å². The minimum atomic E-state index is -0.397. The van der Waals surface area contributed by atoms with Crippen LogP contribution in [0.5, 0.6) is 0 Å². The Morgan fingerprint density at radius 3 is 2.35 bits per heavy atom. The maximum atomic E-state index is 12.8. The molecule has 0 bridgehead atoms. The summed E-state index contributed by atoms with van der Waals surface area (Å²) >= 11 is 0. The lowest BCUT2D eigenvalue weighted by Crippen LogP contribution is -2.23. The highest BCUT2D eigenvalue weighted by Gasteiger charge is 2.07. The molecule has 3 nitrogen and oxygen atoms in total. The second kappa shape index (κ2) is 4.33. The Morgan fingerprint density at radius 1 is 1.12 bits per heavy atom. The number of hydrogen-bond acceptors (Lipinski definition) is 2. The normalized spacial score (nSPS) is 10.2. The number of hydrogen-bond donors (Lipinski definition) is 0. The summed E-state index contributed by atoms with van der Waals surface area (Å²) in [5, 5.41) is 0. The number of carbonyl (C=O) groups is 1. The number of pyridine rings is 1. The summed E-state index contributed by atoms with van der Waals surface area (Å²) in [6, 6.07) is 8.69. The quantitative estimate of drug-likeness (QED) is 0.742. The number of nitrogens with zero attached hydrogens (tertiary/aromatic N) is 1. The first-order valence-corrected chi connectivity index (χ1v) is 5.07. The first kappa shape index (κ1) is 11.3. The molecule has 0 N–H and O–H groups in total. The van der Waals surface area contributed by atoms with Gasteiger partial charge in [0, 0.05) is 11.4 Å². The third-order valence-corrected chi connectivity index (χ3v) is 2.52. The van der Waals surface area contributed by atoms with E-state index in [0.717, 1.165) is 0 Å². The Kier molecular flexibility index (Phi) is 2.87. The number of benzene rings is 1. The van der Waals surface area contributed by atoms with E-state index in [0.29, 0.717) is 17.7 Å². The predicted molar refractivity (Wildman–Crippen MR) is 62.1 cm³/mol. The van der Waals surface area contributed by atoms with E-state index in [1.165, 1.54) is 34.9 Å². The summed E-state index contributed by atoms with van der Waals surface area (Å²) < 4.78 is 14.2. The molecule has 0 spiro atoms. The van der Waals surface area contributed by atoms with Gasteiger partial charge in [-0.1, -0.05) is 0 Å². The highest BCUT2D eigenvalue weighted by molar-refractivity contribution is 5.74. The van der Waals surface area contributed by atoms with Crippen molar-refractivity contribution in [2.24, 2.45) is 0 Å². The van der Waals surface area contributed by atoms with E-state index in [2.05, 4.69) is 0 Å². The Morgan fingerprint density at radius 2 is 1.76 bits per heavy atom. The van der Waals surface area contributed by atoms with Crippen molar-refractivity contribution in [3.63, 3.8) is 0 Å². The van der Waals surface area contributed by atoms with E-state index >= 15 is 0 Å². The van der Waals surface area contributed by atoms with Gasteiger partial charge in [-0.25, -0.2) is 4.39 Å². The summed E-state index contributed by atoms with van der Waals surface area (Å²) in [7, 11) is 0. The van der Waals surface area contributed by atoms with Gasteiger partial charge in [0.05, 0.1) is 5.56 Å². The summed E-state index contributed by atoms with van der Waals surface area (Å²) in [5.41, 5.74) is 0.913. The van der Waals surface area contributed by atoms with Gasteiger partial charge in [0.15, 0.2) is 6.29 Å². The van der Waals surface area contributed by atoms with E-state index < -0.39 is 5.56 Å². The number of aryl methyl sites for hydroxylation is 1. The lowest BCUT2D eigenvalue weighted by Gasteiger charge is -2.10. The molecule has 0 radical (unpaired) electrons. The van der Waals surface area contributed by atoms with Gasteiger partial charge in [-0.15, -0.1) is 0 Å². The molecule has 0 fully saturated rings. The molecule has 0 aliphatic heterocycles. The Labute approximate surface area is 97.1 Å². The largest absolute Gasteiger partial charge is 0.298 e. The van der Waals surface area contributed by atoms with Gasteiger partial charge in [-0.2, -0.15) is 0 Å². The molecule has 0 unspecified atom stereocenters. The first-order chi connectivity index (χ1) is 8.13. The average Bonchev–Trinajstić information content (AvgIpc) is 2.32. The van der Waals surface area contributed by atoms with Crippen molar-refractivity contribution in [1.82, 2.24) is 4.57 Å². The zero-order valence-corrected chi connectivity index (χ0v) is 9.18. The van der Waals surface area contributed by atoms with Crippen LogP contribution in [0.25, 0.3) is 5.69 Å². The van der Waals surface area contributed by atoms with Crippen molar-refractivity contribution in [3.05, 3.63) is 63.8 Å². The second-order valence-corrected chi connectivity index (χ2v) is 3.66. The molecule has 0 saturated carbocycles. The molecular weight excluding hydrogens is 221 g/mol. The van der Waals surface area contributed by atoms with Gasteiger partial charge in [0.1, 0.15) is 5.82 Å². The lowest BCUT2D eigenvalue weighted by atomic mass is 10.2. The van der Waals surface area contributed by atoms with Gasteiger partial charge in [-0.3, -0.25) is 14.2 Å². The standard InChI is InChI=1S/C13H10FNO2/c1-9-2-3-10(8-16)13(17)15(9)12-6-4-11(14)5-7-12/h2-8H,1H3. The van der Waals surface area contributed by atoms with Gasteiger partial charge in [0.2, 0.25) is 0 Å². The van der Waals surface area contributed by atoms with E-state index in [9.17, 15) is 14.0 Å². The SMILES string of the molecule is Cc1ccc(C=O)c(=O)n1-c1ccc(F)cc1. The lowest BCUT2D eigenvalue weighted by molar-refractivity contribution is 0.112. The molecule has 86 valence electrons. The fraction of sp³-hybridized carbons (Fsp3) is 0.0769. The number of halogens is 1. The maximum absolute atomic E-state index is 12.8. The van der Waals surface area contributed by atoms with E-state index in [4.69, 9.17) is 0 Å². The van der Waals surface area contributed by atoms with Crippen LogP contribution in [0.3, 0.4) is 0 Å². The van der Waals surface area contributed by atoms with Gasteiger partial charge >= 0.3 is 0 Å². The highest BCUT2D eigenvalue weighted by atomic mass is 19.1. The van der Waals surface area contributed by atoms with Crippen molar-refractivity contribution in [2.45, 2.75) is 6.92 Å². The number of carbonyl (C=O) groups excluding carboxylic acids is 1. The molecule has 17 heavy (non-hydrogen) atoms. The minimum absolute atomic E-state index is 0.0833. The molecule has 1 aromatic heterocycles. The molecular formula is C13H10FNO2. The van der Waals surface area contributed by atoms with Crippen molar-refractivity contribution < 1.29 is 9.18 Å². The molecule has 1 aromatic carbocycles. The number of aromatic nitrogens is 1. The molecule has 0 aliphatic carbocycles. The van der Waals surface area contributed by atoms with Crippen LogP contribution in [0, 0.1) is 12.7 Å². The minimum Gasteiger partial charge on any atom is -0.298 e. The average molecular weight is 231 g/mol. The van der Waals surface area contributed by atoms with Crippen LogP contribution in [0.4, 0.5) is 4.39 Å². The Balaban J connectivity index is 2.70. The van der Waals surface area contributed by atoms with Gasteiger partial charge in [0.25, 0.3) is 5.56 Å². The van der Waals surface area contributed by atoms with Crippen molar-refractivity contribution in [2.75, 3.05) is 0 Å². The fourth-order valence-corrected chi connectivity index (χ4v) is 1.65. The van der Waals surface area contributed by atoms with E-state index in [1.807, 2.05) is 0 Å². The van der Waals surface area contributed by atoms with E-state index in [-0.39, 0.29) is 11.4 Å². The van der Waals surface area contributed by atoms with Gasteiger partial charge < -0.3 is 0 Å². The molecule has 0 atom stereocenters. The molecule has 2 rings (SSSR count). The topological polar surface area (TPSA) is 39.1 Å². The van der Waals surface area contributed by atoms with Crippen molar-refractivity contribution in [1.29, 1.82) is 0 Å². The van der Waals surface area contributed by atoms with Crippen LogP contribution >= 0.6 is 0 Å². The summed E-state index contributed by atoms with van der Waals surface area (Å²) in [6.45, 7) is 1.75. The van der Waals surface area contributed by atoms with Crippen molar-refractivity contribution >= 4 is 6.29 Å². The third kappa shape index (κ3) is 2.01. The van der Waals surface area contributed by atoms with Crippen LogP contribution in [0.1, 0.15) is 16.1 Å². The zero-order chi connectivity index (χ0) is 12.4. The van der Waals surface area contributed by atoms with Crippen LogP contribution in [0.2, 0.25) is 0 Å². The molecule has 4 heteroatoms. The van der Waals surface area contributed by atoms with E-state index in [1.54, 1.807) is 13.0 Å². The fourth-order valence-electron chi connectivity index (χ4n) is 1.65. The maximum Gasteiger partial charge on any atom is 0.265 e. The number of aldehydes is 1. The third-order valence-electron chi connectivity index (χ3n) is 2.52. The monoisotopic (exact) mass is 231 g/mol. The summed E-state index contributed by atoms with van der Waals surface area (Å²) in [6.07, 6.45) is 0.516. The van der Waals surface area contributed by atoms with Crippen LogP contribution in [-0.4, -0.2) is 10.9 Å². The van der Waals surface area contributed by atoms with Crippen LogP contribution in [0.15, 0.2) is 41.2 Å². The molecule has 0 aliphatic rings. The molecule has 0 amide bonds. The molecule has 0 saturated heterocycles. The van der Waals surface area contributed by atoms with Gasteiger partial charge in [-0.05, 0) is 43.3 Å². The van der Waals surface area contributed by atoms with Crippen LogP contribution in [-0.2, 0) is 0 Å². The molecule has 2 aromatic rings. The smallest absolute Gasteiger partial charge is 0.265 e. The molecule has 1 heterocycles. The first-order valence-electron chi connectivity index (χ1n) is 5.07. The second-order valence-electron chi connectivity index (χ2n) is 3.66. The predicted octanol–water partition coefficient (Wildman–Crippen LogP) is 2.10. The number of rotatable bonds is 2. The highest BCUT2D eigenvalue weighted by Crippen LogP contribution is 2.09.